The maximum atomic E-state index is 11.8. The van der Waals surface area contributed by atoms with E-state index in [1.807, 2.05) is 6.92 Å². The van der Waals surface area contributed by atoms with Crippen molar-refractivity contribution in [3.05, 3.63) is 35.4 Å². The van der Waals surface area contributed by atoms with Gasteiger partial charge in [-0.15, -0.1) is 0 Å². The lowest BCUT2D eigenvalue weighted by atomic mass is 9.86. The Hall–Kier alpha value is -1.60. The van der Waals surface area contributed by atoms with Gasteiger partial charge in [0.25, 0.3) is 0 Å². The molecule has 0 saturated carbocycles. The first-order valence-electron chi connectivity index (χ1n) is 9.82. The van der Waals surface area contributed by atoms with E-state index in [4.69, 9.17) is 0 Å². The maximum absolute atomic E-state index is 11.8. The van der Waals surface area contributed by atoms with Crippen molar-refractivity contribution in [2.45, 2.75) is 46.0 Å². The Bertz CT molecular complexity index is 721. The minimum Gasteiger partial charge on any atom is -0.357 e. The Morgan fingerprint density at radius 2 is 1.89 bits per heavy atom. The van der Waals surface area contributed by atoms with Crippen LogP contribution in [0.15, 0.2) is 29.3 Å². The summed E-state index contributed by atoms with van der Waals surface area (Å²) in [6.07, 6.45) is 1.63. The second-order valence-corrected chi connectivity index (χ2v) is 10.0. The van der Waals surface area contributed by atoms with Gasteiger partial charge in [-0.1, -0.05) is 45.0 Å². The van der Waals surface area contributed by atoms with Gasteiger partial charge in [-0.2, -0.15) is 0 Å². The maximum Gasteiger partial charge on any atom is 0.214 e. The molecule has 152 valence electrons. The number of benzene rings is 1. The van der Waals surface area contributed by atoms with Crippen LogP contribution in [-0.2, 0) is 21.9 Å². The summed E-state index contributed by atoms with van der Waals surface area (Å²) >= 11 is 0. The van der Waals surface area contributed by atoms with Gasteiger partial charge in [0.05, 0.1) is 12.3 Å². The van der Waals surface area contributed by atoms with Crippen molar-refractivity contribution in [1.82, 2.24) is 14.9 Å². The fourth-order valence-corrected chi connectivity index (χ4v) is 4.57. The number of nitrogens with one attached hydrogen (secondary N) is 2. The smallest absolute Gasteiger partial charge is 0.214 e. The molecule has 0 spiro atoms. The van der Waals surface area contributed by atoms with E-state index in [9.17, 15) is 8.42 Å². The van der Waals surface area contributed by atoms with E-state index >= 15 is 0 Å². The molecule has 1 aromatic rings. The first-order valence-corrected chi connectivity index (χ1v) is 11.4. The monoisotopic (exact) mass is 394 g/mol. The minimum absolute atomic E-state index is 0.171. The first kappa shape index (κ1) is 21.7. The molecule has 0 amide bonds. The summed E-state index contributed by atoms with van der Waals surface area (Å²) in [6.45, 7) is 11.8. The molecule has 0 unspecified atom stereocenters. The highest BCUT2D eigenvalue weighted by atomic mass is 32.2. The molecule has 1 aromatic carbocycles. The third-order valence-corrected chi connectivity index (χ3v) is 6.65. The van der Waals surface area contributed by atoms with E-state index in [0.29, 0.717) is 19.6 Å². The predicted molar refractivity (Wildman–Crippen MR) is 113 cm³/mol. The van der Waals surface area contributed by atoms with Crippen molar-refractivity contribution in [1.29, 1.82) is 0 Å². The van der Waals surface area contributed by atoms with Gasteiger partial charge in [0.1, 0.15) is 0 Å². The molecule has 0 aromatic heterocycles. The molecular formula is C20H34N4O2S. The zero-order chi connectivity index (χ0) is 19.9. The van der Waals surface area contributed by atoms with E-state index < -0.39 is 10.0 Å². The van der Waals surface area contributed by atoms with Crippen LogP contribution in [0, 0.1) is 0 Å². The molecular weight excluding hydrogens is 360 g/mol. The largest absolute Gasteiger partial charge is 0.357 e. The van der Waals surface area contributed by atoms with Crippen molar-refractivity contribution in [2.75, 3.05) is 38.5 Å². The third-order valence-electron chi connectivity index (χ3n) is 4.69. The lowest BCUT2D eigenvalue weighted by molar-refractivity contribution is 0.452. The zero-order valence-electron chi connectivity index (χ0n) is 17.1. The average molecular weight is 395 g/mol. The van der Waals surface area contributed by atoms with Crippen LogP contribution in [0.3, 0.4) is 0 Å². The highest BCUT2D eigenvalue weighted by Gasteiger charge is 2.27. The summed E-state index contributed by atoms with van der Waals surface area (Å²) in [5, 5.41) is 6.55. The highest BCUT2D eigenvalue weighted by Crippen LogP contribution is 2.22. The number of nitrogens with zero attached hydrogens (tertiary/aromatic N) is 2. The van der Waals surface area contributed by atoms with Gasteiger partial charge in [0, 0.05) is 26.2 Å². The van der Waals surface area contributed by atoms with Crippen molar-refractivity contribution in [2.24, 2.45) is 4.99 Å². The molecule has 2 rings (SSSR count). The van der Waals surface area contributed by atoms with E-state index in [1.165, 1.54) is 15.4 Å². The van der Waals surface area contributed by atoms with Crippen molar-refractivity contribution >= 4 is 16.0 Å². The summed E-state index contributed by atoms with van der Waals surface area (Å²) in [5.74, 6) is 1.00. The van der Waals surface area contributed by atoms with E-state index in [1.54, 1.807) is 0 Å². The molecule has 0 radical (unpaired) electrons. The molecule has 1 fully saturated rings. The Morgan fingerprint density at radius 1 is 1.19 bits per heavy atom. The van der Waals surface area contributed by atoms with Crippen LogP contribution in [0.25, 0.3) is 0 Å². The Morgan fingerprint density at radius 3 is 2.44 bits per heavy atom. The molecule has 6 nitrogen and oxygen atoms in total. The highest BCUT2D eigenvalue weighted by molar-refractivity contribution is 7.89. The SMILES string of the molecule is CCNC(=NCCN1CCCS1(=O)=O)NCCc1ccc(C(C)(C)C)cc1. The molecule has 1 aliphatic heterocycles. The standard InChI is InChI=1S/C20H34N4O2S/c1-5-21-19(23-13-15-24-14-6-16-27(24,25)26)22-12-11-17-7-9-18(10-8-17)20(2,3)4/h7-10H,5-6,11-16H2,1-4H3,(H2,21,22,23). The Balaban J connectivity index is 1.81. The topological polar surface area (TPSA) is 73.8 Å². The van der Waals surface area contributed by atoms with Gasteiger partial charge < -0.3 is 10.6 Å². The van der Waals surface area contributed by atoms with Crippen LogP contribution in [0.2, 0.25) is 0 Å². The van der Waals surface area contributed by atoms with Crippen LogP contribution in [0.5, 0.6) is 0 Å². The van der Waals surface area contributed by atoms with Gasteiger partial charge in [-0.05, 0) is 36.3 Å². The number of aliphatic imine (C=N–C) groups is 1. The second kappa shape index (κ2) is 9.55. The summed E-state index contributed by atoms with van der Waals surface area (Å²) in [4.78, 5) is 4.51. The quantitative estimate of drug-likeness (QED) is 0.549. The average Bonchev–Trinajstić information content (AvgIpc) is 2.93. The Kier molecular flexibility index (Phi) is 7.68. The predicted octanol–water partition coefficient (Wildman–Crippen LogP) is 2.12. The number of sulfonamides is 1. The van der Waals surface area contributed by atoms with Crippen LogP contribution in [0.4, 0.5) is 0 Å². The zero-order valence-corrected chi connectivity index (χ0v) is 17.9. The lowest BCUT2D eigenvalue weighted by Crippen LogP contribution is -2.39. The molecule has 2 N–H and O–H groups in total. The Labute approximate surface area is 164 Å². The molecule has 0 atom stereocenters. The molecule has 0 aliphatic carbocycles. The van der Waals surface area contributed by atoms with Gasteiger partial charge in [0.2, 0.25) is 10.0 Å². The summed E-state index contributed by atoms with van der Waals surface area (Å²) in [5.41, 5.74) is 2.80. The van der Waals surface area contributed by atoms with Crippen LogP contribution >= 0.6 is 0 Å². The number of rotatable bonds is 7. The molecule has 1 heterocycles. The lowest BCUT2D eigenvalue weighted by Gasteiger charge is -2.19. The number of guanidine groups is 1. The van der Waals surface area contributed by atoms with Crippen LogP contribution in [0.1, 0.15) is 45.2 Å². The second-order valence-electron chi connectivity index (χ2n) is 7.95. The fourth-order valence-electron chi connectivity index (χ4n) is 3.05. The summed E-state index contributed by atoms with van der Waals surface area (Å²) in [7, 11) is -3.04. The van der Waals surface area contributed by atoms with Gasteiger partial charge in [-0.3, -0.25) is 4.99 Å². The summed E-state index contributed by atoms with van der Waals surface area (Å²) < 4.78 is 25.2. The van der Waals surface area contributed by atoms with Crippen LogP contribution in [-0.4, -0.2) is 57.2 Å². The van der Waals surface area contributed by atoms with Crippen molar-refractivity contribution < 1.29 is 8.42 Å². The molecule has 7 heteroatoms. The van der Waals surface area contributed by atoms with Gasteiger partial charge in [-0.25, -0.2) is 12.7 Å². The number of hydrogen-bond donors (Lipinski definition) is 2. The molecule has 27 heavy (non-hydrogen) atoms. The summed E-state index contributed by atoms with van der Waals surface area (Å²) in [6, 6.07) is 8.77. The molecule has 0 bridgehead atoms. The minimum atomic E-state index is -3.04. The third kappa shape index (κ3) is 6.81. The first-order chi connectivity index (χ1) is 12.7. The van der Waals surface area contributed by atoms with Gasteiger partial charge in [0.15, 0.2) is 5.96 Å². The molecule has 1 aliphatic rings. The van der Waals surface area contributed by atoms with E-state index in [-0.39, 0.29) is 11.2 Å². The fraction of sp³-hybridized carbons (Fsp3) is 0.650. The normalized spacial score (nSPS) is 17.9. The van der Waals surface area contributed by atoms with Crippen molar-refractivity contribution in [3.8, 4) is 0 Å². The van der Waals surface area contributed by atoms with Crippen LogP contribution < -0.4 is 10.6 Å². The molecule has 1 saturated heterocycles. The van der Waals surface area contributed by atoms with Gasteiger partial charge >= 0.3 is 0 Å². The van der Waals surface area contributed by atoms with E-state index in [2.05, 4.69) is 60.7 Å². The number of hydrogen-bond acceptors (Lipinski definition) is 3. The van der Waals surface area contributed by atoms with E-state index in [0.717, 1.165) is 31.9 Å². The van der Waals surface area contributed by atoms with Crippen molar-refractivity contribution in [3.63, 3.8) is 0 Å².